The van der Waals surface area contributed by atoms with E-state index in [2.05, 4.69) is 31.0 Å². The molecule has 4 heteroatoms. The van der Waals surface area contributed by atoms with Crippen LogP contribution < -0.4 is 5.32 Å². The summed E-state index contributed by atoms with van der Waals surface area (Å²) in [5.41, 5.74) is 0.611. The van der Waals surface area contributed by atoms with Crippen LogP contribution >= 0.6 is 0 Å². The summed E-state index contributed by atoms with van der Waals surface area (Å²) in [4.78, 5) is 2.71. The maximum Gasteiger partial charge on any atom is 0.0700 e. The zero-order valence-electron chi connectivity index (χ0n) is 14.4. The highest BCUT2D eigenvalue weighted by molar-refractivity contribution is 5.08. The van der Waals surface area contributed by atoms with Crippen LogP contribution in [0.15, 0.2) is 0 Å². The summed E-state index contributed by atoms with van der Waals surface area (Å²) in [7, 11) is 1.72. The molecule has 2 fully saturated rings. The average molecular weight is 298 g/mol. The van der Waals surface area contributed by atoms with Crippen LogP contribution in [0.5, 0.6) is 0 Å². The van der Waals surface area contributed by atoms with Crippen LogP contribution in [0.25, 0.3) is 0 Å². The Bertz CT molecular complexity index is 316. The van der Waals surface area contributed by atoms with Gasteiger partial charge < -0.3 is 14.8 Å². The second-order valence-electron chi connectivity index (χ2n) is 7.00. The number of hydrogen-bond acceptors (Lipinski definition) is 4. The molecule has 0 bridgehead atoms. The van der Waals surface area contributed by atoms with E-state index in [1.807, 2.05) is 0 Å². The summed E-state index contributed by atoms with van der Waals surface area (Å²) in [5.74, 6) is 0.871. The highest BCUT2D eigenvalue weighted by Gasteiger charge is 2.50. The number of hydrogen-bond donors (Lipinski definition) is 1. The van der Waals surface area contributed by atoms with Crippen LogP contribution in [0.3, 0.4) is 0 Å². The first-order chi connectivity index (χ1) is 10.1. The molecule has 4 nitrogen and oxygen atoms in total. The van der Waals surface area contributed by atoms with Crippen LogP contribution in [0.2, 0.25) is 0 Å². The first-order valence-corrected chi connectivity index (χ1v) is 8.67. The van der Waals surface area contributed by atoms with E-state index in [0.29, 0.717) is 24.3 Å². The van der Waals surface area contributed by atoms with Gasteiger partial charge in [0.15, 0.2) is 0 Å². The third kappa shape index (κ3) is 3.98. The molecule has 0 aromatic rings. The molecule has 1 heterocycles. The van der Waals surface area contributed by atoms with Gasteiger partial charge in [0.2, 0.25) is 0 Å². The molecule has 0 spiro atoms. The fourth-order valence-electron chi connectivity index (χ4n) is 3.67. The van der Waals surface area contributed by atoms with Gasteiger partial charge in [0.25, 0.3) is 0 Å². The predicted octanol–water partition coefficient (Wildman–Crippen LogP) is 2.28. The molecule has 0 aromatic carbocycles. The Morgan fingerprint density at radius 3 is 2.43 bits per heavy atom. The maximum atomic E-state index is 5.72. The van der Waals surface area contributed by atoms with Gasteiger partial charge in [-0.2, -0.15) is 0 Å². The third-order valence-corrected chi connectivity index (χ3v) is 5.78. The van der Waals surface area contributed by atoms with E-state index in [4.69, 9.17) is 9.47 Å². The second kappa shape index (κ2) is 7.40. The van der Waals surface area contributed by atoms with Crippen LogP contribution in [0, 0.1) is 5.92 Å². The van der Waals surface area contributed by atoms with Crippen LogP contribution in [-0.2, 0) is 9.47 Å². The minimum absolute atomic E-state index is 0.293. The zero-order valence-corrected chi connectivity index (χ0v) is 14.4. The van der Waals surface area contributed by atoms with Crippen molar-refractivity contribution in [1.82, 2.24) is 10.2 Å². The molecule has 1 saturated heterocycles. The highest BCUT2D eigenvalue weighted by atomic mass is 16.5. The third-order valence-electron chi connectivity index (χ3n) is 5.78. The molecule has 1 aliphatic carbocycles. The van der Waals surface area contributed by atoms with E-state index in [0.717, 1.165) is 32.2 Å². The van der Waals surface area contributed by atoms with Crippen molar-refractivity contribution in [3.8, 4) is 0 Å². The quantitative estimate of drug-likeness (QED) is 0.662. The van der Waals surface area contributed by atoms with Crippen LogP contribution in [0.1, 0.15) is 46.5 Å². The van der Waals surface area contributed by atoms with Gasteiger partial charge in [-0.1, -0.05) is 13.8 Å². The SMILES string of the molecule is CCC1(CC)CN(CCOCCOC)C(C)(C2CC2)CN1. The van der Waals surface area contributed by atoms with Gasteiger partial charge in [-0.25, -0.2) is 0 Å². The topological polar surface area (TPSA) is 33.7 Å². The van der Waals surface area contributed by atoms with Crippen molar-refractivity contribution in [2.75, 3.05) is 46.6 Å². The first kappa shape index (κ1) is 17.2. The first-order valence-electron chi connectivity index (χ1n) is 8.67. The number of piperazine rings is 1. The number of methoxy groups -OCH3 is 1. The lowest BCUT2D eigenvalue weighted by Crippen LogP contribution is -2.70. The monoisotopic (exact) mass is 298 g/mol. The molecular formula is C17H34N2O2. The minimum atomic E-state index is 0.293. The molecule has 1 atom stereocenters. The number of nitrogens with one attached hydrogen (secondary N) is 1. The molecule has 0 amide bonds. The normalized spacial score (nSPS) is 29.7. The Hall–Kier alpha value is -0.160. The molecule has 21 heavy (non-hydrogen) atoms. The molecule has 0 radical (unpaired) electrons. The van der Waals surface area contributed by atoms with Gasteiger partial charge in [0.1, 0.15) is 0 Å². The minimum Gasteiger partial charge on any atom is -0.382 e. The standard InChI is InChI=1S/C17H34N2O2/c1-5-17(6-2)14-19(9-10-21-12-11-20-4)16(3,13-18-17)15-7-8-15/h15,18H,5-14H2,1-4H3. The summed E-state index contributed by atoms with van der Waals surface area (Å²) in [6, 6.07) is 0. The van der Waals surface area contributed by atoms with E-state index in [1.165, 1.54) is 25.7 Å². The fourth-order valence-corrected chi connectivity index (χ4v) is 3.67. The van der Waals surface area contributed by atoms with Crippen molar-refractivity contribution in [3.63, 3.8) is 0 Å². The summed E-state index contributed by atoms with van der Waals surface area (Å²) >= 11 is 0. The van der Waals surface area contributed by atoms with Gasteiger partial charge in [-0.15, -0.1) is 0 Å². The zero-order chi connectivity index (χ0) is 15.3. The van der Waals surface area contributed by atoms with Crippen LogP contribution in [-0.4, -0.2) is 62.5 Å². The van der Waals surface area contributed by atoms with E-state index < -0.39 is 0 Å². The van der Waals surface area contributed by atoms with Crippen molar-refractivity contribution in [1.29, 1.82) is 0 Å². The Kier molecular flexibility index (Phi) is 6.06. The van der Waals surface area contributed by atoms with Gasteiger partial charge in [0.05, 0.1) is 19.8 Å². The van der Waals surface area contributed by atoms with Gasteiger partial charge in [-0.3, -0.25) is 4.90 Å². The van der Waals surface area contributed by atoms with E-state index >= 15 is 0 Å². The molecule has 2 aliphatic rings. The molecule has 124 valence electrons. The van der Waals surface area contributed by atoms with Crippen molar-refractivity contribution in [2.24, 2.45) is 5.92 Å². The predicted molar refractivity (Wildman–Crippen MR) is 86.7 cm³/mol. The number of ether oxygens (including phenoxy) is 2. The molecular weight excluding hydrogens is 264 g/mol. The molecule has 1 N–H and O–H groups in total. The Morgan fingerprint density at radius 1 is 1.14 bits per heavy atom. The summed E-state index contributed by atoms with van der Waals surface area (Å²) < 4.78 is 10.8. The number of rotatable bonds is 9. The fraction of sp³-hybridized carbons (Fsp3) is 1.00. The summed E-state index contributed by atoms with van der Waals surface area (Å²) in [5, 5.41) is 3.88. The van der Waals surface area contributed by atoms with Crippen molar-refractivity contribution in [3.05, 3.63) is 0 Å². The maximum absolute atomic E-state index is 5.72. The van der Waals surface area contributed by atoms with Gasteiger partial charge in [0, 0.05) is 37.8 Å². The van der Waals surface area contributed by atoms with Crippen molar-refractivity contribution in [2.45, 2.75) is 57.5 Å². The lowest BCUT2D eigenvalue weighted by molar-refractivity contribution is -0.0253. The Morgan fingerprint density at radius 2 is 1.86 bits per heavy atom. The molecule has 1 saturated carbocycles. The Labute approximate surface area is 130 Å². The van der Waals surface area contributed by atoms with E-state index in [-0.39, 0.29) is 0 Å². The molecule has 0 aromatic heterocycles. The van der Waals surface area contributed by atoms with Crippen molar-refractivity contribution < 1.29 is 9.47 Å². The smallest absolute Gasteiger partial charge is 0.0700 e. The molecule has 1 unspecified atom stereocenters. The molecule has 1 aliphatic heterocycles. The summed E-state index contributed by atoms with van der Waals surface area (Å²) in [6.45, 7) is 12.6. The largest absolute Gasteiger partial charge is 0.382 e. The Balaban J connectivity index is 1.93. The number of nitrogens with zero attached hydrogens (tertiary/aromatic N) is 1. The van der Waals surface area contributed by atoms with E-state index in [9.17, 15) is 0 Å². The highest BCUT2D eigenvalue weighted by Crippen LogP contribution is 2.45. The summed E-state index contributed by atoms with van der Waals surface area (Å²) in [6.07, 6.45) is 5.19. The average Bonchev–Trinajstić information content (AvgIpc) is 3.34. The lowest BCUT2D eigenvalue weighted by atomic mass is 9.82. The lowest BCUT2D eigenvalue weighted by Gasteiger charge is -2.53. The van der Waals surface area contributed by atoms with Crippen molar-refractivity contribution >= 4 is 0 Å². The van der Waals surface area contributed by atoms with Gasteiger partial charge in [-0.05, 0) is 38.5 Å². The van der Waals surface area contributed by atoms with Gasteiger partial charge >= 0.3 is 0 Å². The molecule has 2 rings (SSSR count). The van der Waals surface area contributed by atoms with E-state index in [1.54, 1.807) is 7.11 Å². The second-order valence-corrected chi connectivity index (χ2v) is 7.00. The van der Waals surface area contributed by atoms with Crippen LogP contribution in [0.4, 0.5) is 0 Å².